The number of anilines is 2. The number of fused-ring (bicyclic) bond motifs is 1. The molecular formula is C24H24N6O4. The molecule has 0 spiro atoms. The van der Waals surface area contributed by atoms with Gasteiger partial charge in [-0.05, 0) is 55.2 Å². The second-order valence-electron chi connectivity index (χ2n) is 7.62. The maximum atomic E-state index is 12.3. The fourth-order valence-corrected chi connectivity index (χ4v) is 3.46. The van der Waals surface area contributed by atoms with E-state index in [4.69, 9.17) is 10.5 Å². The quantitative estimate of drug-likeness (QED) is 0.253. The molecule has 34 heavy (non-hydrogen) atoms. The maximum absolute atomic E-state index is 12.3. The number of hydrogen-bond acceptors (Lipinski definition) is 6. The Hall–Kier alpha value is -4.60. The number of nitrogens with zero attached hydrogens (tertiary/aromatic N) is 2. The number of aromatic nitrogens is 3. The Morgan fingerprint density at radius 1 is 1.06 bits per heavy atom. The van der Waals surface area contributed by atoms with Gasteiger partial charge in [0.25, 0.3) is 0 Å². The summed E-state index contributed by atoms with van der Waals surface area (Å²) < 4.78 is 5.81. The third kappa shape index (κ3) is 5.80. The molecule has 2 heterocycles. The van der Waals surface area contributed by atoms with Crippen LogP contribution in [0.15, 0.2) is 66.9 Å². The minimum absolute atomic E-state index is 0.0802. The number of amides is 2. The number of aromatic amines is 1. The zero-order valence-corrected chi connectivity index (χ0v) is 18.2. The molecule has 1 atom stereocenters. The van der Waals surface area contributed by atoms with Crippen molar-refractivity contribution in [2.24, 2.45) is 0 Å². The number of hydrogen-bond donors (Lipinski definition) is 5. The summed E-state index contributed by atoms with van der Waals surface area (Å²) in [5.74, 6) is -0.207. The highest BCUT2D eigenvalue weighted by Gasteiger charge is 2.19. The normalized spacial score (nSPS) is 11.6. The third-order valence-corrected chi connectivity index (χ3v) is 5.13. The fourth-order valence-electron chi connectivity index (χ4n) is 3.46. The Balaban J connectivity index is 1.31. The first-order chi connectivity index (χ1) is 16.5. The molecule has 2 aromatic carbocycles. The van der Waals surface area contributed by atoms with E-state index in [1.165, 1.54) is 0 Å². The summed E-state index contributed by atoms with van der Waals surface area (Å²) in [4.78, 5) is 35.1. The van der Waals surface area contributed by atoms with E-state index < -0.39 is 18.0 Å². The van der Waals surface area contributed by atoms with Crippen molar-refractivity contribution in [2.45, 2.75) is 25.3 Å². The SMILES string of the molecule is Nc1nc(Oc2ccc(NC(=O)NC(CCCc3ccccc3)C(=O)O)cc2)c2cc[nH]c2n1. The highest BCUT2D eigenvalue weighted by atomic mass is 16.5. The number of H-pyrrole nitrogens is 1. The van der Waals surface area contributed by atoms with Gasteiger partial charge in [0.05, 0.1) is 5.39 Å². The molecule has 174 valence electrons. The lowest BCUT2D eigenvalue weighted by molar-refractivity contribution is -0.139. The van der Waals surface area contributed by atoms with Crippen molar-refractivity contribution in [2.75, 3.05) is 11.1 Å². The largest absolute Gasteiger partial charge is 0.480 e. The Labute approximate surface area is 195 Å². The van der Waals surface area contributed by atoms with E-state index in [0.29, 0.717) is 41.2 Å². The van der Waals surface area contributed by atoms with Crippen LogP contribution in [0.25, 0.3) is 11.0 Å². The number of rotatable bonds is 9. The van der Waals surface area contributed by atoms with Crippen molar-refractivity contribution >= 4 is 34.7 Å². The van der Waals surface area contributed by atoms with E-state index in [-0.39, 0.29) is 5.95 Å². The number of urea groups is 1. The lowest BCUT2D eigenvalue weighted by Gasteiger charge is -2.15. The lowest BCUT2D eigenvalue weighted by Crippen LogP contribution is -2.43. The van der Waals surface area contributed by atoms with Crippen LogP contribution in [0.2, 0.25) is 0 Å². The van der Waals surface area contributed by atoms with Gasteiger partial charge in [-0.25, -0.2) is 9.59 Å². The summed E-state index contributed by atoms with van der Waals surface area (Å²) in [7, 11) is 0. The summed E-state index contributed by atoms with van der Waals surface area (Å²) in [6.07, 6.45) is 3.40. The average Bonchev–Trinajstić information content (AvgIpc) is 3.29. The van der Waals surface area contributed by atoms with Crippen LogP contribution >= 0.6 is 0 Å². The summed E-state index contributed by atoms with van der Waals surface area (Å²) in [6, 6.07) is 16.6. The van der Waals surface area contributed by atoms with Crippen LogP contribution in [0.1, 0.15) is 18.4 Å². The topological polar surface area (TPSA) is 155 Å². The molecule has 2 aromatic heterocycles. The first-order valence-electron chi connectivity index (χ1n) is 10.7. The molecule has 2 amide bonds. The van der Waals surface area contributed by atoms with Gasteiger partial charge >= 0.3 is 12.0 Å². The monoisotopic (exact) mass is 460 g/mol. The van der Waals surface area contributed by atoms with Gasteiger partial charge in [0, 0.05) is 11.9 Å². The van der Waals surface area contributed by atoms with Crippen LogP contribution in [0, 0.1) is 0 Å². The van der Waals surface area contributed by atoms with Crippen LogP contribution in [0.4, 0.5) is 16.4 Å². The number of carboxylic acids is 1. The molecule has 0 saturated heterocycles. The summed E-state index contributed by atoms with van der Waals surface area (Å²) in [5.41, 5.74) is 7.89. The van der Waals surface area contributed by atoms with E-state index in [2.05, 4.69) is 25.6 Å². The van der Waals surface area contributed by atoms with Gasteiger partial charge in [0.2, 0.25) is 11.8 Å². The van der Waals surface area contributed by atoms with Crippen LogP contribution in [-0.2, 0) is 11.2 Å². The average molecular weight is 460 g/mol. The van der Waals surface area contributed by atoms with Crippen LogP contribution in [-0.4, -0.2) is 38.1 Å². The number of carbonyl (C=O) groups is 2. The molecule has 0 bridgehead atoms. The van der Waals surface area contributed by atoms with Gasteiger partial charge in [0.1, 0.15) is 17.4 Å². The Bertz CT molecular complexity index is 1270. The summed E-state index contributed by atoms with van der Waals surface area (Å²) >= 11 is 0. The van der Waals surface area contributed by atoms with Crippen molar-refractivity contribution in [1.29, 1.82) is 0 Å². The van der Waals surface area contributed by atoms with Gasteiger partial charge in [0.15, 0.2) is 0 Å². The molecule has 10 heteroatoms. The molecule has 1 unspecified atom stereocenters. The predicted molar refractivity (Wildman–Crippen MR) is 128 cm³/mol. The van der Waals surface area contributed by atoms with Crippen molar-refractivity contribution in [3.63, 3.8) is 0 Å². The van der Waals surface area contributed by atoms with Crippen molar-refractivity contribution < 1.29 is 19.4 Å². The molecule has 0 fully saturated rings. The molecule has 0 aliphatic heterocycles. The minimum Gasteiger partial charge on any atom is -0.480 e. The predicted octanol–water partition coefficient (Wildman–Crippen LogP) is 3.93. The number of benzene rings is 2. The molecule has 6 N–H and O–H groups in total. The first-order valence-corrected chi connectivity index (χ1v) is 10.7. The summed E-state index contributed by atoms with van der Waals surface area (Å²) in [5, 5.41) is 15.3. The first kappa shape index (κ1) is 22.6. The number of aryl methyl sites for hydroxylation is 1. The van der Waals surface area contributed by atoms with E-state index in [1.807, 2.05) is 30.3 Å². The third-order valence-electron chi connectivity index (χ3n) is 5.13. The number of carboxylic acid groups (broad SMARTS) is 1. The van der Waals surface area contributed by atoms with Crippen LogP contribution < -0.4 is 21.1 Å². The van der Waals surface area contributed by atoms with Gasteiger partial charge in [-0.1, -0.05) is 30.3 Å². The molecular weight excluding hydrogens is 436 g/mol. The Morgan fingerprint density at radius 2 is 1.82 bits per heavy atom. The van der Waals surface area contributed by atoms with Crippen LogP contribution in [0.3, 0.4) is 0 Å². The number of nitrogen functional groups attached to an aromatic ring is 1. The molecule has 4 aromatic rings. The van der Waals surface area contributed by atoms with E-state index in [9.17, 15) is 14.7 Å². The van der Waals surface area contributed by atoms with Crippen molar-refractivity contribution in [1.82, 2.24) is 20.3 Å². The molecule has 0 saturated carbocycles. The number of ether oxygens (including phenoxy) is 1. The smallest absolute Gasteiger partial charge is 0.326 e. The van der Waals surface area contributed by atoms with Crippen molar-refractivity contribution in [3.05, 3.63) is 72.4 Å². The molecule has 0 aliphatic carbocycles. The highest BCUT2D eigenvalue weighted by molar-refractivity contribution is 5.92. The number of carbonyl (C=O) groups excluding carboxylic acids is 1. The van der Waals surface area contributed by atoms with Gasteiger partial charge < -0.3 is 31.2 Å². The van der Waals surface area contributed by atoms with Gasteiger partial charge in [-0.3, -0.25) is 0 Å². The molecule has 0 radical (unpaired) electrons. The highest BCUT2D eigenvalue weighted by Crippen LogP contribution is 2.28. The van der Waals surface area contributed by atoms with Crippen molar-refractivity contribution in [3.8, 4) is 11.6 Å². The van der Waals surface area contributed by atoms with Gasteiger partial charge in [-0.2, -0.15) is 9.97 Å². The molecule has 0 aliphatic rings. The van der Waals surface area contributed by atoms with Gasteiger partial charge in [-0.15, -0.1) is 0 Å². The second kappa shape index (κ2) is 10.3. The summed E-state index contributed by atoms with van der Waals surface area (Å²) in [6.45, 7) is 0. The number of aliphatic carboxylic acids is 1. The van der Waals surface area contributed by atoms with E-state index in [0.717, 1.165) is 12.0 Å². The fraction of sp³-hybridized carbons (Fsp3) is 0.167. The maximum Gasteiger partial charge on any atom is 0.326 e. The van der Waals surface area contributed by atoms with Crippen LogP contribution in [0.5, 0.6) is 11.6 Å². The molecule has 4 rings (SSSR count). The van der Waals surface area contributed by atoms with E-state index in [1.54, 1.807) is 36.5 Å². The zero-order chi connectivity index (χ0) is 23.9. The standard InChI is InChI=1S/C24H24N6O4/c25-23-29-20-18(13-14-26-20)21(30-23)34-17-11-9-16(10-12-17)27-24(33)28-19(22(31)32)8-4-7-15-5-2-1-3-6-15/h1-3,5-6,9-14,19H,4,7-8H2,(H,31,32)(H2,27,28,33)(H3,25,26,29,30). The number of nitrogens with one attached hydrogen (secondary N) is 3. The van der Waals surface area contributed by atoms with E-state index >= 15 is 0 Å². The minimum atomic E-state index is -1.08. The Kier molecular flexibility index (Phi) is 6.87. The zero-order valence-electron chi connectivity index (χ0n) is 18.2. The Morgan fingerprint density at radius 3 is 2.56 bits per heavy atom. The lowest BCUT2D eigenvalue weighted by atomic mass is 10.0. The molecule has 10 nitrogen and oxygen atoms in total. The number of nitrogens with two attached hydrogens (primary N) is 1. The second-order valence-corrected chi connectivity index (χ2v) is 7.62.